The third kappa shape index (κ3) is 5.83. The molecule has 3 aromatic rings. The van der Waals surface area contributed by atoms with Crippen molar-refractivity contribution in [3.63, 3.8) is 0 Å². The van der Waals surface area contributed by atoms with Gasteiger partial charge in [-0.05, 0) is 87.4 Å². The van der Waals surface area contributed by atoms with Gasteiger partial charge in [0.05, 0.1) is 6.21 Å². The molecule has 3 aromatic carbocycles. The van der Waals surface area contributed by atoms with Gasteiger partial charge in [-0.15, -0.1) is 0 Å². The molecule has 5 rings (SSSR count). The summed E-state index contributed by atoms with van der Waals surface area (Å²) in [5.41, 5.74) is 2.50. The van der Waals surface area contributed by atoms with Gasteiger partial charge in [0.15, 0.2) is 5.78 Å². The van der Waals surface area contributed by atoms with Crippen molar-refractivity contribution in [1.29, 1.82) is 0 Å². The normalized spacial score (nSPS) is 18.3. The molecule has 2 heterocycles. The van der Waals surface area contributed by atoms with Crippen LogP contribution in [-0.2, 0) is 4.79 Å². The second-order valence-corrected chi connectivity index (χ2v) is 10.6. The number of piperidine rings is 1. The Kier molecular flexibility index (Phi) is 8.22. The predicted octanol–water partition coefficient (Wildman–Crippen LogP) is 6.62. The quantitative estimate of drug-likeness (QED) is 0.310. The summed E-state index contributed by atoms with van der Waals surface area (Å²) < 4.78 is 14.7. The van der Waals surface area contributed by atoms with Crippen LogP contribution < -0.4 is 4.90 Å². The number of anilines is 1. The average Bonchev–Trinajstić information content (AvgIpc) is 3.05. The fraction of sp³-hybridized carbons (Fsp3) is 0.300. The molecule has 38 heavy (non-hydrogen) atoms. The van der Waals surface area contributed by atoms with Crippen LogP contribution in [0, 0.1) is 11.7 Å². The third-order valence-electron chi connectivity index (χ3n) is 7.32. The highest BCUT2D eigenvalue weighted by Crippen LogP contribution is 2.38. The zero-order chi connectivity index (χ0) is 26.6. The van der Waals surface area contributed by atoms with Gasteiger partial charge in [-0.3, -0.25) is 14.6 Å². The molecule has 0 aromatic heterocycles. The zero-order valence-corrected chi connectivity index (χ0v) is 22.3. The number of amides is 1. The lowest BCUT2D eigenvalue weighted by Gasteiger charge is -2.32. The molecular formula is C30H28Cl2FN3O2. The van der Waals surface area contributed by atoms with Crippen LogP contribution in [0.5, 0.6) is 0 Å². The monoisotopic (exact) mass is 551 g/mol. The lowest BCUT2D eigenvalue weighted by molar-refractivity contribution is -0.112. The van der Waals surface area contributed by atoms with E-state index in [0.29, 0.717) is 39.0 Å². The number of carbonyl (C=O) groups is 2. The number of nitrogens with zero attached hydrogens (tertiary/aromatic N) is 3. The average molecular weight is 552 g/mol. The maximum absolute atomic E-state index is 14.7. The Labute approximate surface area is 231 Å². The van der Waals surface area contributed by atoms with Crippen LogP contribution in [0.4, 0.5) is 10.1 Å². The number of benzene rings is 3. The summed E-state index contributed by atoms with van der Waals surface area (Å²) in [4.78, 5) is 34.4. The molecule has 0 aliphatic carbocycles. The maximum atomic E-state index is 14.7. The molecule has 1 unspecified atom stereocenters. The fourth-order valence-electron chi connectivity index (χ4n) is 5.29. The van der Waals surface area contributed by atoms with E-state index >= 15 is 0 Å². The Morgan fingerprint density at radius 1 is 0.921 bits per heavy atom. The number of rotatable bonds is 7. The minimum Gasteiger partial charge on any atom is -0.307 e. The largest absolute Gasteiger partial charge is 0.307 e. The Morgan fingerprint density at radius 2 is 1.63 bits per heavy atom. The molecule has 5 nitrogen and oxygen atoms in total. The van der Waals surface area contributed by atoms with Gasteiger partial charge >= 0.3 is 0 Å². The second-order valence-electron chi connectivity index (χ2n) is 9.74. The summed E-state index contributed by atoms with van der Waals surface area (Å²) in [7, 11) is 0. The lowest BCUT2D eigenvalue weighted by Crippen LogP contribution is -2.39. The number of aliphatic imine (C=N–C) groups is 1. The molecule has 1 atom stereocenters. The maximum Gasteiger partial charge on any atom is 0.269 e. The smallest absolute Gasteiger partial charge is 0.269 e. The first-order valence-electron chi connectivity index (χ1n) is 12.8. The number of Topliss-reactive ketones (excluding diaryl/α,β-unsaturated/α-hetero) is 1. The number of hydrogen-bond donors (Lipinski definition) is 0. The van der Waals surface area contributed by atoms with E-state index in [1.807, 2.05) is 6.07 Å². The van der Waals surface area contributed by atoms with Gasteiger partial charge < -0.3 is 9.80 Å². The molecule has 0 radical (unpaired) electrons. The molecule has 0 saturated carbocycles. The van der Waals surface area contributed by atoms with E-state index in [-0.39, 0.29) is 23.4 Å². The van der Waals surface area contributed by atoms with E-state index in [2.05, 4.69) is 9.89 Å². The van der Waals surface area contributed by atoms with E-state index in [4.69, 9.17) is 23.2 Å². The minimum absolute atomic E-state index is 0.0164. The summed E-state index contributed by atoms with van der Waals surface area (Å²) in [5.74, 6) is -0.419. The standard InChI is InChI=1S/C30H28Cl2FN3O2/c31-22-8-6-20(7-9-22)30(38)21-12-16-35(17-13-21)14-3-15-36-27-11-10-23(32)18-25(27)29(34-19-28(36)37)24-4-1-2-5-26(24)33/h1-2,4-11,18-19,21,29H,3,12-17H2. The highest BCUT2D eigenvalue weighted by Gasteiger charge is 2.29. The van der Waals surface area contributed by atoms with Crippen molar-refractivity contribution < 1.29 is 14.0 Å². The van der Waals surface area contributed by atoms with Gasteiger partial charge in [0.2, 0.25) is 0 Å². The van der Waals surface area contributed by atoms with Crippen molar-refractivity contribution in [2.45, 2.75) is 25.3 Å². The van der Waals surface area contributed by atoms with Crippen LogP contribution in [0.3, 0.4) is 0 Å². The Balaban J connectivity index is 1.22. The van der Waals surface area contributed by atoms with E-state index in [1.165, 1.54) is 12.3 Å². The summed E-state index contributed by atoms with van der Waals surface area (Å²) in [5, 5.41) is 1.13. The molecule has 1 amide bonds. The van der Waals surface area contributed by atoms with Crippen LogP contribution >= 0.6 is 23.2 Å². The molecule has 0 spiro atoms. The van der Waals surface area contributed by atoms with Gasteiger partial charge in [0.1, 0.15) is 11.9 Å². The molecule has 1 fully saturated rings. The lowest BCUT2D eigenvalue weighted by atomic mass is 9.89. The van der Waals surface area contributed by atoms with Gasteiger partial charge in [-0.2, -0.15) is 0 Å². The topological polar surface area (TPSA) is 53.0 Å². The first kappa shape index (κ1) is 26.5. The molecule has 0 bridgehead atoms. The summed E-state index contributed by atoms with van der Waals surface area (Å²) >= 11 is 12.3. The van der Waals surface area contributed by atoms with Crippen molar-refractivity contribution in [2.24, 2.45) is 10.9 Å². The van der Waals surface area contributed by atoms with Gasteiger partial charge in [-0.25, -0.2) is 4.39 Å². The zero-order valence-electron chi connectivity index (χ0n) is 20.8. The number of ketones is 1. The SMILES string of the molecule is O=C(c1ccc(Cl)cc1)C1CCN(CCCN2C(=O)C=NC(c3ccccc3F)c3cc(Cl)ccc32)CC1. The highest BCUT2D eigenvalue weighted by molar-refractivity contribution is 6.34. The summed E-state index contributed by atoms with van der Waals surface area (Å²) in [6.07, 6.45) is 3.66. The van der Waals surface area contributed by atoms with Crippen LogP contribution in [-0.4, -0.2) is 49.0 Å². The van der Waals surface area contributed by atoms with E-state index < -0.39 is 6.04 Å². The second kappa shape index (κ2) is 11.8. The van der Waals surface area contributed by atoms with Crippen LogP contribution in [0.1, 0.15) is 46.8 Å². The molecule has 0 N–H and O–H groups in total. The molecule has 1 saturated heterocycles. The van der Waals surface area contributed by atoms with Crippen molar-refractivity contribution in [2.75, 3.05) is 31.1 Å². The van der Waals surface area contributed by atoms with E-state index in [9.17, 15) is 14.0 Å². The van der Waals surface area contributed by atoms with Crippen molar-refractivity contribution in [3.8, 4) is 0 Å². The highest BCUT2D eigenvalue weighted by atomic mass is 35.5. The number of halogens is 3. The number of fused-ring (bicyclic) bond motifs is 1. The minimum atomic E-state index is -0.656. The molecule has 8 heteroatoms. The molecule has 2 aliphatic heterocycles. The van der Waals surface area contributed by atoms with Crippen LogP contribution in [0.25, 0.3) is 0 Å². The van der Waals surface area contributed by atoms with Crippen molar-refractivity contribution in [1.82, 2.24) is 4.90 Å². The molecular weight excluding hydrogens is 524 g/mol. The van der Waals surface area contributed by atoms with Gasteiger partial charge in [0.25, 0.3) is 5.91 Å². The van der Waals surface area contributed by atoms with E-state index in [0.717, 1.165) is 38.9 Å². The summed E-state index contributed by atoms with van der Waals surface area (Å²) in [6.45, 7) is 2.97. The first-order chi connectivity index (χ1) is 18.4. The van der Waals surface area contributed by atoms with Crippen LogP contribution in [0.15, 0.2) is 71.7 Å². The Hall–Kier alpha value is -3.06. The number of carbonyl (C=O) groups excluding carboxylic acids is 2. The van der Waals surface area contributed by atoms with Gasteiger partial charge in [0, 0.05) is 44.9 Å². The van der Waals surface area contributed by atoms with Gasteiger partial charge in [-0.1, -0.05) is 41.4 Å². The Bertz CT molecular complexity index is 1350. The van der Waals surface area contributed by atoms with E-state index in [1.54, 1.807) is 59.5 Å². The third-order valence-corrected chi connectivity index (χ3v) is 7.81. The molecule has 2 aliphatic rings. The fourth-order valence-corrected chi connectivity index (χ4v) is 5.60. The summed E-state index contributed by atoms with van der Waals surface area (Å²) in [6, 6.07) is 18.2. The van der Waals surface area contributed by atoms with Crippen molar-refractivity contribution >= 4 is 46.8 Å². The Morgan fingerprint density at radius 3 is 2.37 bits per heavy atom. The first-order valence-corrected chi connectivity index (χ1v) is 13.6. The molecule has 196 valence electrons. The predicted molar refractivity (Wildman–Crippen MR) is 150 cm³/mol. The number of likely N-dealkylation sites (tertiary alicyclic amines) is 1. The van der Waals surface area contributed by atoms with Crippen LogP contribution in [0.2, 0.25) is 10.0 Å². The van der Waals surface area contributed by atoms with Crippen molar-refractivity contribution in [3.05, 3.63) is 99.3 Å². The number of hydrogen-bond acceptors (Lipinski definition) is 4.